The lowest BCUT2D eigenvalue weighted by Gasteiger charge is -2.10. The molecule has 0 spiro atoms. The highest BCUT2D eigenvalue weighted by molar-refractivity contribution is 7.90. The lowest BCUT2D eigenvalue weighted by atomic mass is 10.1. The van der Waals surface area contributed by atoms with Gasteiger partial charge in [0.25, 0.3) is 15.9 Å². The molecule has 0 radical (unpaired) electrons. The molecule has 0 saturated heterocycles. The zero-order valence-corrected chi connectivity index (χ0v) is 14.0. The third-order valence-corrected chi connectivity index (χ3v) is 4.88. The van der Waals surface area contributed by atoms with Crippen molar-refractivity contribution in [3.8, 4) is 0 Å². The van der Waals surface area contributed by atoms with Crippen LogP contribution in [0.4, 0.5) is 0 Å². The Kier molecular flexibility index (Phi) is 5.11. The summed E-state index contributed by atoms with van der Waals surface area (Å²) in [5.41, 5.74) is 0.959. The number of aryl methyl sites for hydroxylation is 1. The summed E-state index contributed by atoms with van der Waals surface area (Å²) >= 11 is 11.6. The number of sulfonamides is 1. The quantitative estimate of drug-likeness (QED) is 0.907. The highest BCUT2D eigenvalue weighted by atomic mass is 35.5. The van der Waals surface area contributed by atoms with Crippen molar-refractivity contribution in [2.75, 3.05) is 0 Å². The van der Waals surface area contributed by atoms with Crippen molar-refractivity contribution in [2.24, 2.45) is 0 Å². The van der Waals surface area contributed by atoms with E-state index in [0.717, 1.165) is 0 Å². The second-order valence-electron chi connectivity index (χ2n) is 4.54. The number of hydrogen-bond acceptors (Lipinski definition) is 3. The highest BCUT2D eigenvalue weighted by Gasteiger charge is 2.20. The fourth-order valence-corrected chi connectivity index (χ4v) is 3.21. The van der Waals surface area contributed by atoms with E-state index in [1.165, 1.54) is 30.3 Å². The van der Waals surface area contributed by atoms with Crippen LogP contribution in [0.1, 0.15) is 22.8 Å². The molecule has 0 aliphatic carbocycles. The predicted octanol–water partition coefficient (Wildman–Crippen LogP) is 3.67. The first-order chi connectivity index (χ1) is 10.3. The van der Waals surface area contributed by atoms with Crippen LogP contribution in [-0.2, 0) is 16.4 Å². The number of hydrogen-bond donors (Lipinski definition) is 1. The summed E-state index contributed by atoms with van der Waals surface area (Å²) in [6.07, 6.45) is 0.560. The maximum absolute atomic E-state index is 12.2. The fraction of sp³-hybridized carbons (Fsp3) is 0.133. The van der Waals surface area contributed by atoms with Crippen molar-refractivity contribution >= 4 is 39.1 Å². The summed E-state index contributed by atoms with van der Waals surface area (Å²) in [4.78, 5) is 12.2. The van der Waals surface area contributed by atoms with Gasteiger partial charge in [-0.2, -0.15) is 0 Å². The Bertz CT molecular complexity index is 802. The minimum atomic E-state index is -3.95. The Labute approximate surface area is 139 Å². The van der Waals surface area contributed by atoms with E-state index < -0.39 is 15.9 Å². The lowest BCUT2D eigenvalue weighted by molar-refractivity contribution is 0.0980. The molecule has 2 aromatic carbocycles. The van der Waals surface area contributed by atoms with Gasteiger partial charge in [-0.15, -0.1) is 0 Å². The van der Waals surface area contributed by atoms with Crippen molar-refractivity contribution in [3.05, 3.63) is 63.6 Å². The molecule has 0 fully saturated rings. The molecule has 0 heterocycles. The summed E-state index contributed by atoms with van der Waals surface area (Å²) in [6, 6.07) is 10.3. The summed E-state index contributed by atoms with van der Waals surface area (Å²) in [6.45, 7) is 1.86. The summed E-state index contributed by atoms with van der Waals surface area (Å²) < 4.78 is 26.4. The van der Waals surface area contributed by atoms with E-state index in [1.807, 2.05) is 11.6 Å². The van der Waals surface area contributed by atoms with Crippen LogP contribution < -0.4 is 4.72 Å². The molecule has 4 nitrogen and oxygen atoms in total. The smallest absolute Gasteiger partial charge is 0.265 e. The van der Waals surface area contributed by atoms with Crippen LogP contribution in [0.3, 0.4) is 0 Å². The van der Waals surface area contributed by atoms with E-state index in [-0.39, 0.29) is 10.5 Å². The molecule has 1 N–H and O–H groups in total. The molecule has 0 saturated carbocycles. The van der Waals surface area contributed by atoms with Gasteiger partial charge in [0, 0.05) is 15.6 Å². The van der Waals surface area contributed by atoms with E-state index in [0.29, 0.717) is 22.0 Å². The molecule has 2 aromatic rings. The number of carbonyl (C=O) groups is 1. The number of benzene rings is 2. The van der Waals surface area contributed by atoms with Gasteiger partial charge in [0.1, 0.15) is 0 Å². The largest absolute Gasteiger partial charge is 0.268 e. The molecule has 0 unspecified atom stereocenters. The van der Waals surface area contributed by atoms with Gasteiger partial charge in [0.05, 0.1) is 4.90 Å². The molecule has 2 rings (SSSR count). The molecule has 1 amide bonds. The summed E-state index contributed by atoms with van der Waals surface area (Å²) in [5, 5.41) is 0.908. The highest BCUT2D eigenvalue weighted by Crippen LogP contribution is 2.18. The lowest BCUT2D eigenvalue weighted by Crippen LogP contribution is -2.31. The van der Waals surface area contributed by atoms with Crippen molar-refractivity contribution in [1.29, 1.82) is 0 Å². The molecule has 7 heteroatoms. The molecule has 0 aliphatic heterocycles. The van der Waals surface area contributed by atoms with Gasteiger partial charge in [-0.25, -0.2) is 13.1 Å². The van der Waals surface area contributed by atoms with E-state index in [1.54, 1.807) is 12.1 Å². The van der Waals surface area contributed by atoms with E-state index in [4.69, 9.17) is 23.2 Å². The van der Waals surface area contributed by atoms with Gasteiger partial charge in [-0.3, -0.25) is 4.79 Å². The zero-order valence-electron chi connectivity index (χ0n) is 11.6. The van der Waals surface area contributed by atoms with Crippen molar-refractivity contribution < 1.29 is 13.2 Å². The minimum absolute atomic E-state index is 0.0303. The zero-order chi connectivity index (χ0) is 16.3. The summed E-state index contributed by atoms with van der Waals surface area (Å²) in [5.74, 6) is -0.691. The molecule has 0 aromatic heterocycles. The number of halogens is 2. The van der Waals surface area contributed by atoms with E-state index in [2.05, 4.69) is 0 Å². The Morgan fingerprint density at radius 1 is 1.05 bits per heavy atom. The standard InChI is InChI=1S/C15H13Cl2NO3S/c1-2-10-9-12(17)5-8-14(10)15(19)18-22(20,21)13-6-3-11(16)4-7-13/h3-9H,2H2,1H3,(H,18,19). The van der Waals surface area contributed by atoms with Gasteiger partial charge in [-0.05, 0) is 54.4 Å². The second kappa shape index (κ2) is 6.69. The van der Waals surface area contributed by atoms with Crippen LogP contribution >= 0.6 is 23.2 Å². The number of amides is 1. The SMILES string of the molecule is CCc1cc(Cl)ccc1C(=O)NS(=O)(=O)c1ccc(Cl)cc1. The van der Waals surface area contributed by atoms with Crippen LogP contribution in [0.5, 0.6) is 0 Å². The van der Waals surface area contributed by atoms with Crippen molar-refractivity contribution in [1.82, 2.24) is 4.72 Å². The molecular formula is C15H13Cl2NO3S. The maximum Gasteiger partial charge on any atom is 0.265 e. The fourth-order valence-electron chi connectivity index (χ4n) is 1.93. The topological polar surface area (TPSA) is 63.2 Å². The van der Waals surface area contributed by atoms with Gasteiger partial charge >= 0.3 is 0 Å². The predicted molar refractivity (Wildman–Crippen MR) is 86.9 cm³/mol. The average molecular weight is 358 g/mol. The Morgan fingerprint density at radius 3 is 2.23 bits per heavy atom. The van der Waals surface area contributed by atoms with E-state index >= 15 is 0 Å². The monoisotopic (exact) mass is 357 g/mol. The average Bonchev–Trinajstić information content (AvgIpc) is 2.46. The molecule has 116 valence electrons. The molecule has 0 atom stereocenters. The molecule has 0 bridgehead atoms. The van der Waals surface area contributed by atoms with Crippen LogP contribution in [0.2, 0.25) is 10.0 Å². The number of nitrogens with one attached hydrogen (secondary N) is 1. The normalized spacial score (nSPS) is 11.2. The van der Waals surface area contributed by atoms with E-state index in [9.17, 15) is 13.2 Å². The van der Waals surface area contributed by atoms with Crippen LogP contribution in [0, 0.1) is 0 Å². The third-order valence-electron chi connectivity index (χ3n) is 3.04. The van der Waals surface area contributed by atoms with Crippen LogP contribution in [0.15, 0.2) is 47.4 Å². The van der Waals surface area contributed by atoms with Crippen LogP contribution in [0.25, 0.3) is 0 Å². The van der Waals surface area contributed by atoms with Crippen molar-refractivity contribution in [3.63, 3.8) is 0 Å². The van der Waals surface area contributed by atoms with Gasteiger partial charge < -0.3 is 0 Å². The number of rotatable bonds is 4. The number of carbonyl (C=O) groups excluding carboxylic acids is 1. The second-order valence-corrected chi connectivity index (χ2v) is 7.10. The third kappa shape index (κ3) is 3.80. The Balaban J connectivity index is 2.30. The van der Waals surface area contributed by atoms with Gasteiger partial charge in [0.2, 0.25) is 0 Å². The maximum atomic E-state index is 12.2. The Morgan fingerprint density at radius 2 is 1.64 bits per heavy atom. The summed E-state index contributed by atoms with van der Waals surface area (Å²) in [7, 11) is -3.95. The molecule has 22 heavy (non-hydrogen) atoms. The molecular weight excluding hydrogens is 345 g/mol. The minimum Gasteiger partial charge on any atom is -0.268 e. The first-order valence-corrected chi connectivity index (χ1v) is 8.68. The Hall–Kier alpha value is -1.56. The van der Waals surface area contributed by atoms with Gasteiger partial charge in [-0.1, -0.05) is 30.1 Å². The first kappa shape index (κ1) is 16.8. The molecule has 0 aliphatic rings. The van der Waals surface area contributed by atoms with Crippen molar-refractivity contribution in [2.45, 2.75) is 18.2 Å². The first-order valence-electron chi connectivity index (χ1n) is 6.44. The van der Waals surface area contributed by atoms with Crippen LogP contribution in [-0.4, -0.2) is 14.3 Å². The van der Waals surface area contributed by atoms with Gasteiger partial charge in [0.15, 0.2) is 0 Å².